The highest BCUT2D eigenvalue weighted by atomic mass is 127. The minimum absolute atomic E-state index is 0.262. The second-order valence-corrected chi connectivity index (χ2v) is 3.53. The van der Waals surface area contributed by atoms with Gasteiger partial charge in [-0.2, -0.15) is 0 Å². The minimum atomic E-state index is -0.574. The van der Waals surface area contributed by atoms with Gasteiger partial charge in [0, 0.05) is 0 Å². The molecule has 4 heteroatoms. The fourth-order valence-corrected chi connectivity index (χ4v) is 1.53. The fraction of sp³-hybridized carbons (Fsp3) is 0.857. The van der Waals surface area contributed by atoms with Crippen LogP contribution in [0.15, 0.2) is 0 Å². The standard InChI is InChI=1S/C7H11IO3/c1-7(4-2-3-5-7)10-6(9)11-8/h2-5H2,1H3. The van der Waals surface area contributed by atoms with E-state index in [0.29, 0.717) is 0 Å². The second-order valence-electron chi connectivity index (χ2n) is 3.09. The molecule has 1 aliphatic rings. The smallest absolute Gasteiger partial charge is 0.427 e. The molecule has 0 spiro atoms. The maximum atomic E-state index is 10.7. The van der Waals surface area contributed by atoms with Crippen molar-refractivity contribution in [3.63, 3.8) is 0 Å². The molecule has 0 bridgehead atoms. The molecule has 0 radical (unpaired) electrons. The van der Waals surface area contributed by atoms with Crippen molar-refractivity contribution in [2.24, 2.45) is 0 Å². The lowest BCUT2D eigenvalue weighted by molar-refractivity contribution is 0.00973. The van der Waals surface area contributed by atoms with Crippen LogP contribution < -0.4 is 0 Å². The van der Waals surface area contributed by atoms with Gasteiger partial charge >= 0.3 is 6.16 Å². The van der Waals surface area contributed by atoms with Gasteiger partial charge in [0.05, 0.1) is 0 Å². The largest absolute Gasteiger partial charge is 0.518 e. The molecule has 0 unspecified atom stereocenters. The van der Waals surface area contributed by atoms with E-state index in [2.05, 4.69) is 3.07 Å². The van der Waals surface area contributed by atoms with E-state index in [0.717, 1.165) is 25.7 Å². The first-order valence-corrected chi connectivity index (χ1v) is 4.56. The number of halogens is 1. The third-order valence-corrected chi connectivity index (χ3v) is 2.41. The lowest BCUT2D eigenvalue weighted by Crippen LogP contribution is -2.27. The highest BCUT2D eigenvalue weighted by Crippen LogP contribution is 2.32. The lowest BCUT2D eigenvalue weighted by Gasteiger charge is -2.21. The predicted molar refractivity (Wildman–Crippen MR) is 48.5 cm³/mol. The number of rotatable bonds is 1. The molecule has 0 aromatic carbocycles. The Labute approximate surface area is 80.1 Å². The fourth-order valence-electron chi connectivity index (χ4n) is 1.44. The van der Waals surface area contributed by atoms with Crippen molar-refractivity contribution in [2.75, 3.05) is 0 Å². The molecule has 0 amide bonds. The molecule has 11 heavy (non-hydrogen) atoms. The van der Waals surface area contributed by atoms with Gasteiger partial charge in [0.25, 0.3) is 0 Å². The molecule has 0 aliphatic heterocycles. The second kappa shape index (κ2) is 3.60. The Kier molecular flexibility index (Phi) is 2.98. The van der Waals surface area contributed by atoms with Gasteiger partial charge in [-0.3, -0.25) is 0 Å². The van der Waals surface area contributed by atoms with Crippen molar-refractivity contribution >= 4 is 29.2 Å². The third kappa shape index (κ3) is 2.50. The average Bonchev–Trinajstić information content (AvgIpc) is 2.36. The Morgan fingerprint density at radius 2 is 2.00 bits per heavy atom. The van der Waals surface area contributed by atoms with E-state index in [1.54, 1.807) is 0 Å². The first-order valence-electron chi connectivity index (χ1n) is 3.68. The number of carbonyl (C=O) groups excluding carboxylic acids is 1. The van der Waals surface area contributed by atoms with Crippen LogP contribution in [0, 0.1) is 0 Å². The van der Waals surface area contributed by atoms with Crippen molar-refractivity contribution in [3.05, 3.63) is 0 Å². The molecule has 1 fully saturated rings. The van der Waals surface area contributed by atoms with Crippen LogP contribution in [-0.2, 0) is 7.80 Å². The van der Waals surface area contributed by atoms with E-state index < -0.39 is 6.16 Å². The Balaban J connectivity index is 2.39. The Hall–Kier alpha value is 0. The van der Waals surface area contributed by atoms with Gasteiger partial charge in [-0.15, -0.1) is 0 Å². The quantitative estimate of drug-likeness (QED) is 0.543. The van der Waals surface area contributed by atoms with Crippen LogP contribution in [-0.4, -0.2) is 11.8 Å². The maximum absolute atomic E-state index is 10.7. The van der Waals surface area contributed by atoms with E-state index in [4.69, 9.17) is 4.74 Å². The van der Waals surface area contributed by atoms with Crippen molar-refractivity contribution in [1.82, 2.24) is 0 Å². The van der Waals surface area contributed by atoms with E-state index in [-0.39, 0.29) is 5.60 Å². The molecule has 0 aromatic rings. The van der Waals surface area contributed by atoms with Crippen molar-refractivity contribution < 1.29 is 12.6 Å². The van der Waals surface area contributed by atoms with Crippen LogP contribution in [0.2, 0.25) is 0 Å². The number of carbonyl (C=O) groups is 1. The Morgan fingerprint density at radius 3 is 2.45 bits per heavy atom. The zero-order valence-electron chi connectivity index (χ0n) is 6.43. The molecule has 1 aliphatic carbocycles. The van der Waals surface area contributed by atoms with Crippen molar-refractivity contribution in [2.45, 2.75) is 38.2 Å². The van der Waals surface area contributed by atoms with Gasteiger partial charge in [0.1, 0.15) is 5.60 Å². The molecule has 0 heterocycles. The van der Waals surface area contributed by atoms with Gasteiger partial charge in [-0.25, -0.2) is 4.79 Å². The molecule has 0 N–H and O–H groups in total. The molecule has 0 saturated heterocycles. The summed E-state index contributed by atoms with van der Waals surface area (Å²) >= 11 is 1.53. The van der Waals surface area contributed by atoms with E-state index >= 15 is 0 Å². The third-order valence-electron chi connectivity index (χ3n) is 2.05. The zero-order chi connectivity index (χ0) is 8.32. The van der Waals surface area contributed by atoms with Gasteiger partial charge in [0.15, 0.2) is 23.0 Å². The number of ether oxygens (including phenoxy) is 1. The van der Waals surface area contributed by atoms with Crippen molar-refractivity contribution in [1.29, 1.82) is 0 Å². The van der Waals surface area contributed by atoms with E-state index in [1.165, 1.54) is 23.0 Å². The Bertz CT molecular complexity index is 152. The number of hydrogen-bond donors (Lipinski definition) is 0. The average molecular weight is 270 g/mol. The Morgan fingerprint density at radius 1 is 1.45 bits per heavy atom. The summed E-state index contributed by atoms with van der Waals surface area (Å²) in [5.74, 6) is 0. The highest BCUT2D eigenvalue weighted by Gasteiger charge is 2.33. The molecule has 64 valence electrons. The minimum Gasteiger partial charge on any atom is -0.427 e. The predicted octanol–water partition coefficient (Wildman–Crippen LogP) is 2.82. The number of hydrogen-bond acceptors (Lipinski definition) is 3. The molecule has 1 rings (SSSR count). The zero-order valence-corrected chi connectivity index (χ0v) is 8.59. The van der Waals surface area contributed by atoms with Crippen LogP contribution in [0.3, 0.4) is 0 Å². The maximum Gasteiger partial charge on any atom is 0.518 e. The summed E-state index contributed by atoms with van der Waals surface area (Å²) in [6.07, 6.45) is 3.63. The van der Waals surface area contributed by atoms with Gasteiger partial charge in [-0.1, -0.05) is 0 Å². The highest BCUT2D eigenvalue weighted by molar-refractivity contribution is 14.1. The normalized spacial score (nSPS) is 21.3. The topological polar surface area (TPSA) is 35.5 Å². The molecular weight excluding hydrogens is 259 g/mol. The van der Waals surface area contributed by atoms with Crippen LogP contribution in [0.25, 0.3) is 0 Å². The molecule has 3 nitrogen and oxygen atoms in total. The van der Waals surface area contributed by atoms with Crippen LogP contribution in [0.5, 0.6) is 0 Å². The summed E-state index contributed by atoms with van der Waals surface area (Å²) in [7, 11) is 0. The first-order chi connectivity index (χ1) is 5.16. The summed E-state index contributed by atoms with van der Waals surface area (Å²) in [6, 6.07) is 0. The summed E-state index contributed by atoms with van der Waals surface area (Å²) in [5, 5.41) is 0. The summed E-state index contributed by atoms with van der Waals surface area (Å²) in [4.78, 5) is 10.7. The van der Waals surface area contributed by atoms with Crippen LogP contribution in [0.1, 0.15) is 32.6 Å². The van der Waals surface area contributed by atoms with Gasteiger partial charge in [-0.05, 0) is 32.6 Å². The van der Waals surface area contributed by atoms with Crippen LogP contribution >= 0.6 is 23.0 Å². The summed E-state index contributed by atoms with van der Waals surface area (Å²) in [5.41, 5.74) is -0.262. The van der Waals surface area contributed by atoms with Crippen LogP contribution in [0.4, 0.5) is 4.79 Å². The monoisotopic (exact) mass is 270 g/mol. The molecular formula is C7H11IO3. The molecule has 0 atom stereocenters. The van der Waals surface area contributed by atoms with Crippen molar-refractivity contribution in [3.8, 4) is 0 Å². The SMILES string of the molecule is CC1(OC(=O)OI)CCCC1. The van der Waals surface area contributed by atoms with E-state index in [1.807, 2.05) is 6.92 Å². The van der Waals surface area contributed by atoms with E-state index in [9.17, 15) is 4.79 Å². The lowest BCUT2D eigenvalue weighted by atomic mass is 10.1. The van der Waals surface area contributed by atoms with Gasteiger partial charge in [0.2, 0.25) is 0 Å². The summed E-state index contributed by atoms with van der Waals surface area (Å²) < 4.78 is 9.47. The molecule has 0 aromatic heterocycles. The summed E-state index contributed by atoms with van der Waals surface area (Å²) in [6.45, 7) is 1.95. The molecule has 1 saturated carbocycles. The first kappa shape index (κ1) is 9.09. The van der Waals surface area contributed by atoms with Gasteiger partial charge < -0.3 is 7.80 Å².